The van der Waals surface area contributed by atoms with Crippen LogP contribution < -0.4 is 11.0 Å². The van der Waals surface area contributed by atoms with Crippen molar-refractivity contribution < 1.29 is 4.74 Å². The van der Waals surface area contributed by atoms with Gasteiger partial charge in [-0.25, -0.2) is 19.3 Å². The molecule has 4 aromatic rings. The Morgan fingerprint density at radius 1 is 1.12 bits per heavy atom. The van der Waals surface area contributed by atoms with E-state index in [1.807, 2.05) is 30.9 Å². The third kappa shape index (κ3) is 2.65. The fourth-order valence-electron chi connectivity index (χ4n) is 5.58. The Labute approximate surface area is 184 Å². The van der Waals surface area contributed by atoms with E-state index in [0.717, 1.165) is 60.9 Å². The highest BCUT2D eigenvalue weighted by Gasteiger charge is 2.51. The largest absolute Gasteiger partial charge is 0.378 e. The molecule has 10 heteroatoms. The van der Waals surface area contributed by atoms with Gasteiger partial charge in [-0.3, -0.25) is 9.13 Å². The van der Waals surface area contributed by atoms with Crippen molar-refractivity contribution in [1.82, 2.24) is 33.7 Å². The zero-order chi connectivity index (χ0) is 22.1. The van der Waals surface area contributed by atoms with Crippen molar-refractivity contribution >= 4 is 28.4 Å². The Balaban J connectivity index is 1.44. The van der Waals surface area contributed by atoms with E-state index in [-0.39, 0.29) is 16.8 Å². The van der Waals surface area contributed by atoms with Gasteiger partial charge in [-0.15, -0.1) is 0 Å². The lowest BCUT2D eigenvalue weighted by Gasteiger charge is -2.52. The summed E-state index contributed by atoms with van der Waals surface area (Å²) in [5.41, 5.74) is 3.79. The summed E-state index contributed by atoms with van der Waals surface area (Å²) in [5.74, 6) is 0.452. The van der Waals surface area contributed by atoms with E-state index in [9.17, 15) is 4.79 Å². The van der Waals surface area contributed by atoms with Gasteiger partial charge in [-0.1, -0.05) is 0 Å². The predicted molar refractivity (Wildman–Crippen MR) is 119 cm³/mol. The van der Waals surface area contributed by atoms with Crippen LogP contribution in [-0.2, 0) is 17.3 Å². The molecule has 3 fully saturated rings. The predicted octanol–water partition coefficient (Wildman–Crippen LogP) is 2.67. The molecule has 0 unspecified atom stereocenters. The smallest absolute Gasteiger partial charge is 0.330 e. The van der Waals surface area contributed by atoms with Gasteiger partial charge >= 0.3 is 5.69 Å². The van der Waals surface area contributed by atoms with Gasteiger partial charge in [-0.05, 0) is 57.1 Å². The second kappa shape index (κ2) is 6.61. The molecule has 4 heterocycles. The van der Waals surface area contributed by atoms with Crippen LogP contribution in [0.25, 0.3) is 16.8 Å². The van der Waals surface area contributed by atoms with Gasteiger partial charge in [0.1, 0.15) is 11.8 Å². The van der Waals surface area contributed by atoms with Crippen molar-refractivity contribution in [2.24, 2.45) is 7.05 Å². The highest BCUT2D eigenvalue weighted by Crippen LogP contribution is 2.52. The average molecular weight is 435 g/mol. The highest BCUT2D eigenvalue weighted by molar-refractivity contribution is 5.73. The number of anilines is 2. The molecule has 0 aliphatic heterocycles. The zero-order valence-electron chi connectivity index (χ0n) is 18.5. The Morgan fingerprint density at radius 2 is 1.88 bits per heavy atom. The summed E-state index contributed by atoms with van der Waals surface area (Å²) in [6.45, 7) is 2.00. The normalized spacial score (nSPS) is 25.1. The molecular formula is C22H26N8O2. The standard InChI is InChI=1S/C22H26N8O2/c1-14-10-17-24-13-25-29(17)12-15(14)26-19-23-11-16-18(27-19)30(20(31)28(16)2)21-4-7-22(32-3,8-5-21)9-6-21/h10-13H,4-9H2,1-3H3,(H,23,26,27). The summed E-state index contributed by atoms with van der Waals surface area (Å²) < 4.78 is 11.1. The van der Waals surface area contributed by atoms with Crippen LogP contribution in [-0.4, -0.2) is 46.4 Å². The maximum Gasteiger partial charge on any atom is 0.330 e. The van der Waals surface area contributed by atoms with Gasteiger partial charge in [0, 0.05) is 14.2 Å². The molecule has 0 radical (unpaired) electrons. The van der Waals surface area contributed by atoms with E-state index in [2.05, 4.69) is 20.4 Å². The third-order valence-electron chi connectivity index (χ3n) is 7.72. The topological polar surface area (TPSA) is 104 Å². The number of ether oxygens (including phenoxy) is 1. The SMILES string of the molecule is COC12CCC(n3c(=O)n(C)c4cnc(Nc5cn6ncnc6cc5C)nc43)(CC1)CC2. The number of fused-ring (bicyclic) bond motifs is 5. The van der Waals surface area contributed by atoms with Crippen molar-refractivity contribution in [2.45, 2.75) is 56.6 Å². The molecule has 0 amide bonds. The van der Waals surface area contributed by atoms with Gasteiger partial charge < -0.3 is 10.1 Å². The third-order valence-corrected chi connectivity index (χ3v) is 7.72. The monoisotopic (exact) mass is 434 g/mol. The first-order chi connectivity index (χ1) is 15.4. The second-order valence-corrected chi connectivity index (χ2v) is 9.25. The maximum absolute atomic E-state index is 13.3. The number of imidazole rings is 1. The summed E-state index contributed by atoms with van der Waals surface area (Å²) in [4.78, 5) is 26.9. The average Bonchev–Trinajstić information content (AvgIpc) is 3.37. The maximum atomic E-state index is 13.3. The van der Waals surface area contributed by atoms with Crippen LogP contribution in [0.4, 0.5) is 11.6 Å². The summed E-state index contributed by atoms with van der Waals surface area (Å²) in [7, 11) is 3.61. The number of aromatic nitrogens is 7. The van der Waals surface area contributed by atoms with E-state index in [4.69, 9.17) is 9.72 Å². The Bertz CT molecular complexity index is 1390. The first-order valence-corrected chi connectivity index (χ1v) is 11.0. The van der Waals surface area contributed by atoms with Crippen molar-refractivity contribution in [3.05, 3.63) is 40.8 Å². The number of nitrogens with one attached hydrogen (secondary N) is 1. The minimum absolute atomic E-state index is 0.0187. The number of methoxy groups -OCH3 is 1. The zero-order valence-corrected chi connectivity index (χ0v) is 18.5. The molecule has 3 aliphatic rings. The summed E-state index contributed by atoms with van der Waals surface area (Å²) >= 11 is 0. The fraction of sp³-hybridized carbons (Fsp3) is 0.500. The lowest BCUT2D eigenvalue weighted by molar-refractivity contribution is -0.111. The van der Waals surface area contributed by atoms with Gasteiger partial charge in [-0.2, -0.15) is 10.1 Å². The lowest BCUT2D eigenvalue weighted by atomic mass is 9.63. The molecular weight excluding hydrogens is 408 g/mol. The Hall–Kier alpha value is -3.27. The molecule has 0 saturated heterocycles. The van der Waals surface area contributed by atoms with Gasteiger partial charge in [0.2, 0.25) is 5.95 Å². The molecule has 1 N–H and O–H groups in total. The van der Waals surface area contributed by atoms with Crippen molar-refractivity contribution in [3.63, 3.8) is 0 Å². The highest BCUT2D eigenvalue weighted by atomic mass is 16.5. The Morgan fingerprint density at radius 3 is 2.59 bits per heavy atom. The number of hydrogen-bond acceptors (Lipinski definition) is 7. The van der Waals surface area contributed by atoms with Crippen LogP contribution in [0.15, 0.2) is 29.6 Å². The molecule has 0 atom stereocenters. The van der Waals surface area contributed by atoms with E-state index in [0.29, 0.717) is 11.6 Å². The first-order valence-electron chi connectivity index (χ1n) is 11.0. The number of nitrogens with zero attached hydrogens (tertiary/aromatic N) is 7. The molecule has 32 heavy (non-hydrogen) atoms. The molecule has 2 bridgehead atoms. The van der Waals surface area contributed by atoms with Crippen LogP contribution >= 0.6 is 0 Å². The van der Waals surface area contributed by atoms with E-state index < -0.39 is 0 Å². The van der Waals surface area contributed by atoms with Gasteiger partial charge in [0.25, 0.3) is 0 Å². The molecule has 0 aromatic carbocycles. The Kier molecular flexibility index (Phi) is 4.01. The van der Waals surface area contributed by atoms with Gasteiger partial charge in [0.05, 0.1) is 29.2 Å². The molecule has 7 rings (SSSR count). The molecule has 3 saturated carbocycles. The molecule has 0 spiro atoms. The van der Waals surface area contributed by atoms with Crippen LogP contribution in [0.1, 0.15) is 44.1 Å². The summed E-state index contributed by atoms with van der Waals surface area (Å²) in [6.07, 6.45) is 10.8. The quantitative estimate of drug-likeness (QED) is 0.527. The summed E-state index contributed by atoms with van der Waals surface area (Å²) in [6, 6.07) is 1.96. The first kappa shape index (κ1) is 19.4. The van der Waals surface area contributed by atoms with Crippen molar-refractivity contribution in [2.75, 3.05) is 12.4 Å². The molecule has 3 aliphatic carbocycles. The van der Waals surface area contributed by atoms with E-state index >= 15 is 0 Å². The lowest BCUT2D eigenvalue weighted by Crippen LogP contribution is -2.54. The van der Waals surface area contributed by atoms with Crippen LogP contribution in [0, 0.1) is 6.92 Å². The number of rotatable bonds is 4. The number of aryl methyl sites for hydroxylation is 2. The molecule has 166 valence electrons. The van der Waals surface area contributed by atoms with Crippen LogP contribution in [0.3, 0.4) is 0 Å². The number of hydrogen-bond donors (Lipinski definition) is 1. The second-order valence-electron chi connectivity index (χ2n) is 9.25. The number of pyridine rings is 1. The van der Waals surface area contributed by atoms with Crippen molar-refractivity contribution in [1.29, 1.82) is 0 Å². The molecule has 10 nitrogen and oxygen atoms in total. The molecule has 4 aromatic heterocycles. The van der Waals surface area contributed by atoms with E-state index in [1.165, 1.54) is 6.33 Å². The fourth-order valence-corrected chi connectivity index (χ4v) is 5.58. The summed E-state index contributed by atoms with van der Waals surface area (Å²) in [5, 5.41) is 7.51. The minimum Gasteiger partial charge on any atom is -0.378 e. The van der Waals surface area contributed by atoms with Crippen LogP contribution in [0.5, 0.6) is 0 Å². The van der Waals surface area contributed by atoms with E-state index in [1.54, 1.807) is 22.3 Å². The minimum atomic E-state index is -0.210. The van der Waals surface area contributed by atoms with Crippen molar-refractivity contribution in [3.8, 4) is 0 Å². The van der Waals surface area contributed by atoms with Gasteiger partial charge in [0.15, 0.2) is 11.3 Å². The van der Waals surface area contributed by atoms with Crippen LogP contribution in [0.2, 0.25) is 0 Å².